The van der Waals surface area contributed by atoms with Crippen molar-refractivity contribution in [2.75, 3.05) is 18.0 Å². The first-order chi connectivity index (χ1) is 15.0. The molecule has 3 rings (SSSR count). The summed E-state index contributed by atoms with van der Waals surface area (Å²) in [6.07, 6.45) is 3.16. The lowest BCUT2D eigenvalue weighted by atomic mass is 10.1. The second kappa shape index (κ2) is 10.6. The van der Waals surface area contributed by atoms with Crippen LogP contribution in [0.25, 0.3) is 0 Å². The first-order valence-electron chi connectivity index (χ1n) is 10.5. The second-order valence-corrected chi connectivity index (χ2v) is 7.61. The Morgan fingerprint density at radius 2 is 1.77 bits per heavy atom. The molecule has 1 fully saturated rings. The number of ether oxygens (including phenoxy) is 1. The summed E-state index contributed by atoms with van der Waals surface area (Å²) < 4.78 is 5.24. The van der Waals surface area contributed by atoms with Gasteiger partial charge < -0.3 is 15.0 Å². The zero-order chi connectivity index (χ0) is 22.2. The molecule has 0 aliphatic carbocycles. The second-order valence-electron chi connectivity index (χ2n) is 7.61. The van der Waals surface area contributed by atoms with Crippen molar-refractivity contribution in [1.29, 1.82) is 0 Å². The molecule has 1 N–H and O–H groups in total. The maximum atomic E-state index is 12.5. The highest BCUT2D eigenvalue weighted by atomic mass is 16.6. The minimum atomic E-state index is -1.03. The van der Waals surface area contributed by atoms with Gasteiger partial charge in [-0.25, -0.2) is 4.79 Å². The summed E-state index contributed by atoms with van der Waals surface area (Å²) in [5.41, 5.74) is 1.36. The summed E-state index contributed by atoms with van der Waals surface area (Å²) in [4.78, 5) is 37.9. The molecular formula is C23H27N3O5. The van der Waals surface area contributed by atoms with Gasteiger partial charge in [0.05, 0.1) is 10.5 Å². The smallest absolute Gasteiger partial charge is 0.339 e. The first kappa shape index (κ1) is 22.3. The first-order valence-corrected chi connectivity index (χ1v) is 10.5. The molecule has 0 unspecified atom stereocenters. The van der Waals surface area contributed by atoms with Crippen molar-refractivity contribution in [3.8, 4) is 0 Å². The number of rotatable bonds is 7. The van der Waals surface area contributed by atoms with Crippen LogP contribution in [-0.2, 0) is 16.1 Å². The van der Waals surface area contributed by atoms with E-state index in [9.17, 15) is 19.7 Å². The Balaban J connectivity index is 1.65. The Bertz CT molecular complexity index is 924. The van der Waals surface area contributed by atoms with Crippen LogP contribution in [0.5, 0.6) is 0 Å². The SMILES string of the molecule is C[C@H](OC(=O)c1ccc(N2CCCCCC2)c([N+](=O)[O-])c1)C(=O)NCc1ccccc1. The van der Waals surface area contributed by atoms with E-state index in [2.05, 4.69) is 5.32 Å². The number of nitrogens with zero attached hydrogens (tertiary/aromatic N) is 2. The van der Waals surface area contributed by atoms with Crippen LogP contribution in [0.4, 0.5) is 11.4 Å². The molecular weight excluding hydrogens is 398 g/mol. The van der Waals surface area contributed by atoms with Crippen molar-refractivity contribution in [2.45, 2.75) is 45.3 Å². The zero-order valence-electron chi connectivity index (χ0n) is 17.6. The van der Waals surface area contributed by atoms with E-state index in [0.717, 1.165) is 44.3 Å². The topological polar surface area (TPSA) is 102 Å². The van der Waals surface area contributed by atoms with Gasteiger partial charge in [0.25, 0.3) is 11.6 Å². The van der Waals surface area contributed by atoms with Crippen molar-refractivity contribution in [3.63, 3.8) is 0 Å². The molecule has 164 valence electrons. The van der Waals surface area contributed by atoms with Gasteiger partial charge in [-0.3, -0.25) is 14.9 Å². The van der Waals surface area contributed by atoms with Gasteiger partial charge in [-0.2, -0.15) is 0 Å². The fraction of sp³-hybridized carbons (Fsp3) is 0.391. The van der Waals surface area contributed by atoms with Gasteiger partial charge in [0.15, 0.2) is 6.10 Å². The van der Waals surface area contributed by atoms with Crippen LogP contribution < -0.4 is 10.2 Å². The van der Waals surface area contributed by atoms with Gasteiger partial charge in [-0.15, -0.1) is 0 Å². The normalized spacial score (nSPS) is 14.9. The Morgan fingerprint density at radius 3 is 2.42 bits per heavy atom. The Morgan fingerprint density at radius 1 is 1.10 bits per heavy atom. The van der Waals surface area contributed by atoms with Crippen LogP contribution in [-0.4, -0.2) is 36.0 Å². The maximum absolute atomic E-state index is 12.5. The van der Waals surface area contributed by atoms with E-state index >= 15 is 0 Å². The number of hydrogen-bond donors (Lipinski definition) is 1. The summed E-state index contributed by atoms with van der Waals surface area (Å²) in [6, 6.07) is 13.7. The van der Waals surface area contributed by atoms with Crippen LogP contribution in [0.15, 0.2) is 48.5 Å². The molecule has 8 nitrogen and oxygen atoms in total. The molecule has 2 aromatic carbocycles. The molecule has 0 bridgehead atoms. The molecule has 8 heteroatoms. The van der Waals surface area contributed by atoms with Crippen molar-refractivity contribution in [2.24, 2.45) is 0 Å². The van der Waals surface area contributed by atoms with E-state index < -0.39 is 22.9 Å². The van der Waals surface area contributed by atoms with Crippen LogP contribution in [0.1, 0.15) is 48.5 Å². The third kappa shape index (κ3) is 6.04. The number of nitro benzene ring substituents is 1. The van der Waals surface area contributed by atoms with Crippen LogP contribution in [0.3, 0.4) is 0 Å². The third-order valence-corrected chi connectivity index (χ3v) is 5.32. The van der Waals surface area contributed by atoms with E-state index in [0.29, 0.717) is 12.2 Å². The lowest BCUT2D eigenvalue weighted by Crippen LogP contribution is -2.35. The standard InChI is InChI=1S/C23H27N3O5/c1-17(22(27)24-16-18-9-5-4-6-10-18)31-23(28)19-11-12-20(21(15-19)26(29)30)25-13-7-2-3-8-14-25/h4-6,9-12,15,17H,2-3,7-8,13-14,16H2,1H3,(H,24,27)/t17-/m0/s1. The maximum Gasteiger partial charge on any atom is 0.339 e. The van der Waals surface area contributed by atoms with Gasteiger partial charge >= 0.3 is 5.97 Å². The highest BCUT2D eigenvalue weighted by Crippen LogP contribution is 2.31. The van der Waals surface area contributed by atoms with E-state index in [1.54, 1.807) is 6.07 Å². The fourth-order valence-corrected chi connectivity index (χ4v) is 3.59. The van der Waals surface area contributed by atoms with Crippen molar-refractivity contribution in [3.05, 3.63) is 69.8 Å². The van der Waals surface area contributed by atoms with Crippen molar-refractivity contribution >= 4 is 23.3 Å². The predicted octanol–water partition coefficient (Wildman–Crippen LogP) is 3.84. The fourth-order valence-electron chi connectivity index (χ4n) is 3.59. The Hall–Kier alpha value is -3.42. The lowest BCUT2D eigenvalue weighted by molar-refractivity contribution is -0.384. The van der Waals surface area contributed by atoms with Gasteiger partial charge in [0.2, 0.25) is 0 Å². The number of anilines is 1. The molecule has 31 heavy (non-hydrogen) atoms. The number of nitro groups is 1. The summed E-state index contributed by atoms with van der Waals surface area (Å²) >= 11 is 0. The minimum Gasteiger partial charge on any atom is -0.449 e. The molecule has 1 saturated heterocycles. The number of nitrogens with one attached hydrogen (secondary N) is 1. The molecule has 1 heterocycles. The van der Waals surface area contributed by atoms with E-state index in [1.165, 1.54) is 19.1 Å². The van der Waals surface area contributed by atoms with E-state index in [4.69, 9.17) is 4.74 Å². The Labute approximate surface area is 181 Å². The van der Waals surface area contributed by atoms with Crippen LogP contribution in [0.2, 0.25) is 0 Å². The molecule has 2 aromatic rings. The average Bonchev–Trinajstić information content (AvgIpc) is 3.07. The number of esters is 1. The monoisotopic (exact) mass is 425 g/mol. The molecule has 1 aliphatic rings. The summed E-state index contributed by atoms with van der Waals surface area (Å²) in [6.45, 7) is 3.29. The average molecular weight is 425 g/mol. The summed E-state index contributed by atoms with van der Waals surface area (Å²) in [5, 5.41) is 14.4. The van der Waals surface area contributed by atoms with Gasteiger partial charge in [-0.05, 0) is 37.5 Å². The number of benzene rings is 2. The molecule has 0 spiro atoms. The third-order valence-electron chi connectivity index (χ3n) is 5.32. The van der Waals surface area contributed by atoms with Gasteiger partial charge in [0, 0.05) is 25.7 Å². The lowest BCUT2D eigenvalue weighted by Gasteiger charge is -2.22. The van der Waals surface area contributed by atoms with Crippen molar-refractivity contribution < 1.29 is 19.2 Å². The molecule has 1 atom stereocenters. The summed E-state index contributed by atoms with van der Waals surface area (Å²) in [7, 11) is 0. The van der Waals surface area contributed by atoms with E-state index in [1.807, 2.05) is 35.2 Å². The van der Waals surface area contributed by atoms with Gasteiger partial charge in [0.1, 0.15) is 5.69 Å². The molecule has 0 aromatic heterocycles. The van der Waals surface area contributed by atoms with Crippen molar-refractivity contribution in [1.82, 2.24) is 5.32 Å². The predicted molar refractivity (Wildman–Crippen MR) is 117 cm³/mol. The summed E-state index contributed by atoms with van der Waals surface area (Å²) in [5.74, 6) is -1.21. The minimum absolute atomic E-state index is 0.0491. The van der Waals surface area contributed by atoms with Gasteiger partial charge in [-0.1, -0.05) is 43.2 Å². The molecule has 0 saturated carbocycles. The highest BCUT2D eigenvalue weighted by molar-refractivity contribution is 5.93. The highest BCUT2D eigenvalue weighted by Gasteiger charge is 2.25. The molecule has 0 radical (unpaired) electrons. The number of amides is 1. The largest absolute Gasteiger partial charge is 0.449 e. The quantitative estimate of drug-likeness (QED) is 0.411. The Kier molecular flexibility index (Phi) is 7.59. The number of carbonyl (C=O) groups is 2. The van der Waals surface area contributed by atoms with Crippen LogP contribution >= 0.6 is 0 Å². The zero-order valence-corrected chi connectivity index (χ0v) is 17.6. The number of carbonyl (C=O) groups excluding carboxylic acids is 2. The number of hydrogen-bond acceptors (Lipinski definition) is 6. The molecule has 1 amide bonds. The van der Waals surface area contributed by atoms with Crippen LogP contribution in [0, 0.1) is 10.1 Å². The van der Waals surface area contributed by atoms with E-state index in [-0.39, 0.29) is 11.3 Å². The molecule has 1 aliphatic heterocycles.